The van der Waals surface area contributed by atoms with Gasteiger partial charge in [-0.1, -0.05) is 60.4 Å². The van der Waals surface area contributed by atoms with Crippen LogP contribution in [0.4, 0.5) is 18.9 Å². The molecule has 2 aromatic carbocycles. The molecule has 0 aromatic heterocycles. The quantitative estimate of drug-likeness (QED) is 0.471. The Labute approximate surface area is 199 Å². The third-order valence-corrected chi connectivity index (χ3v) is 7.32. The number of benzene rings is 2. The molecule has 0 N–H and O–H groups in total. The molecular weight excluding hydrogens is 471 g/mol. The Morgan fingerprint density at radius 1 is 1.00 bits per heavy atom. The molecule has 0 radical (unpaired) electrons. The zero-order chi connectivity index (χ0) is 23.6. The number of halogens is 3. The molecule has 1 atom stereocenters. The van der Waals surface area contributed by atoms with Gasteiger partial charge in [0.1, 0.15) is 9.57 Å². The molecule has 0 bridgehead atoms. The number of amides is 2. The average molecular weight is 494 g/mol. The van der Waals surface area contributed by atoms with Gasteiger partial charge < -0.3 is 4.90 Å². The van der Waals surface area contributed by atoms with Crippen molar-refractivity contribution in [2.24, 2.45) is 0 Å². The molecule has 2 heterocycles. The highest BCUT2D eigenvalue weighted by Crippen LogP contribution is 2.35. The third-order valence-electron chi connectivity index (χ3n) is 5.66. The fraction of sp³-hybridized carbons (Fsp3) is 0.348. The van der Waals surface area contributed by atoms with Gasteiger partial charge in [0.2, 0.25) is 11.8 Å². The molecule has 2 fully saturated rings. The monoisotopic (exact) mass is 493 g/mol. The summed E-state index contributed by atoms with van der Waals surface area (Å²) in [6, 6.07) is 14.5. The number of carbonyl (C=O) groups excluding carboxylic acids is 2. The van der Waals surface area contributed by atoms with Crippen LogP contribution in [-0.4, -0.2) is 57.4 Å². The minimum absolute atomic E-state index is 0.0663. The first kappa shape index (κ1) is 23.7. The van der Waals surface area contributed by atoms with Gasteiger partial charge in [-0.05, 0) is 23.8 Å². The molecule has 2 aliphatic rings. The maximum absolute atomic E-state index is 13.0. The molecule has 2 aliphatic heterocycles. The first-order valence-corrected chi connectivity index (χ1v) is 11.8. The lowest BCUT2D eigenvalue weighted by atomic mass is 10.2. The topological polar surface area (TPSA) is 43.9 Å². The number of piperazine rings is 1. The summed E-state index contributed by atoms with van der Waals surface area (Å²) in [5.74, 6) is -1.05. The molecule has 2 saturated heterocycles. The normalized spacial score (nSPS) is 19.9. The maximum atomic E-state index is 13.0. The predicted molar refractivity (Wildman–Crippen MR) is 126 cm³/mol. The summed E-state index contributed by atoms with van der Waals surface area (Å²) in [5.41, 5.74) is 0.275. The Morgan fingerprint density at radius 3 is 2.36 bits per heavy atom. The van der Waals surface area contributed by atoms with E-state index in [1.807, 2.05) is 23.1 Å². The first-order valence-electron chi connectivity index (χ1n) is 10.5. The summed E-state index contributed by atoms with van der Waals surface area (Å²) in [7, 11) is 0. The van der Waals surface area contributed by atoms with Crippen molar-refractivity contribution in [3.63, 3.8) is 0 Å². The second-order valence-corrected chi connectivity index (χ2v) is 9.78. The Kier molecular flexibility index (Phi) is 7.06. The minimum Gasteiger partial charge on any atom is -0.355 e. The lowest BCUT2D eigenvalue weighted by Gasteiger charge is -2.36. The number of nitrogens with zero attached hydrogens (tertiary/aromatic N) is 3. The number of alkyl halides is 3. The standard InChI is InChI=1S/C23H22F3N3O2S2/c24-23(25,26)17-7-4-8-18(13-17)29-20(30)14-19(21(29)31)33-22(32)28-11-9-27(10-12-28)15-16-5-2-1-3-6-16/h1-8,13,19H,9-12,14-15H2/t19-/m0/s1. The fourth-order valence-electron chi connectivity index (χ4n) is 3.92. The van der Waals surface area contributed by atoms with Crippen molar-refractivity contribution in [1.82, 2.24) is 9.80 Å². The number of hydrogen-bond acceptors (Lipinski definition) is 5. The molecular formula is C23H22F3N3O2S2. The van der Waals surface area contributed by atoms with Crippen molar-refractivity contribution < 1.29 is 22.8 Å². The fourth-order valence-corrected chi connectivity index (χ4v) is 5.45. The maximum Gasteiger partial charge on any atom is 0.416 e. The zero-order valence-corrected chi connectivity index (χ0v) is 19.3. The summed E-state index contributed by atoms with van der Waals surface area (Å²) in [4.78, 5) is 30.5. The highest BCUT2D eigenvalue weighted by Gasteiger charge is 2.42. The van der Waals surface area contributed by atoms with Crippen molar-refractivity contribution in [1.29, 1.82) is 0 Å². The number of anilines is 1. The van der Waals surface area contributed by atoms with Crippen molar-refractivity contribution in [2.45, 2.75) is 24.4 Å². The number of imide groups is 1. The van der Waals surface area contributed by atoms with Crippen molar-refractivity contribution in [3.05, 3.63) is 65.7 Å². The van der Waals surface area contributed by atoms with Gasteiger partial charge in [0.25, 0.3) is 0 Å². The van der Waals surface area contributed by atoms with E-state index < -0.39 is 28.8 Å². The van der Waals surface area contributed by atoms with Gasteiger partial charge in [0.15, 0.2) is 0 Å². The summed E-state index contributed by atoms with van der Waals surface area (Å²) >= 11 is 6.68. The molecule has 174 valence electrons. The predicted octanol–water partition coefficient (Wildman–Crippen LogP) is 4.17. The van der Waals surface area contributed by atoms with E-state index in [1.165, 1.54) is 17.7 Å². The number of carbonyl (C=O) groups is 2. The van der Waals surface area contributed by atoms with Crippen LogP contribution in [0.15, 0.2) is 54.6 Å². The molecule has 0 unspecified atom stereocenters. The van der Waals surface area contributed by atoms with Gasteiger partial charge in [0.05, 0.1) is 11.3 Å². The second-order valence-electron chi connectivity index (χ2n) is 7.94. The van der Waals surface area contributed by atoms with Gasteiger partial charge in [-0.15, -0.1) is 0 Å². The van der Waals surface area contributed by atoms with E-state index in [2.05, 4.69) is 17.0 Å². The molecule has 5 nitrogen and oxygen atoms in total. The Bertz CT molecular complexity index is 1040. The Balaban J connectivity index is 1.34. The molecule has 0 aliphatic carbocycles. The summed E-state index contributed by atoms with van der Waals surface area (Å²) in [5, 5.41) is -0.734. The third kappa shape index (κ3) is 5.56. The summed E-state index contributed by atoms with van der Waals surface area (Å²) < 4.78 is 39.6. The Hall–Kier alpha value is -2.43. The van der Waals surface area contributed by atoms with Crippen molar-refractivity contribution in [3.8, 4) is 0 Å². The number of thiocarbonyl (C=S) groups is 1. The SMILES string of the molecule is O=C1C[C@H](SC(=S)N2CCN(Cc3ccccc3)CC2)C(=O)N1c1cccc(C(F)(F)F)c1. The van der Waals surface area contributed by atoms with E-state index in [9.17, 15) is 22.8 Å². The van der Waals surface area contributed by atoms with Gasteiger partial charge in [-0.3, -0.25) is 14.5 Å². The van der Waals surface area contributed by atoms with Crippen LogP contribution in [0.5, 0.6) is 0 Å². The van der Waals surface area contributed by atoms with Gasteiger partial charge in [0, 0.05) is 39.1 Å². The van der Waals surface area contributed by atoms with Crippen LogP contribution >= 0.6 is 24.0 Å². The number of rotatable bonds is 4. The van der Waals surface area contributed by atoms with E-state index >= 15 is 0 Å². The first-order chi connectivity index (χ1) is 15.7. The lowest BCUT2D eigenvalue weighted by Crippen LogP contribution is -2.47. The molecule has 2 aromatic rings. The lowest BCUT2D eigenvalue weighted by molar-refractivity contribution is -0.137. The van der Waals surface area contributed by atoms with Crippen LogP contribution in [0, 0.1) is 0 Å². The van der Waals surface area contributed by atoms with Crippen LogP contribution < -0.4 is 4.90 Å². The highest BCUT2D eigenvalue weighted by atomic mass is 32.2. The number of hydrogen-bond donors (Lipinski definition) is 0. The van der Waals surface area contributed by atoms with E-state index in [4.69, 9.17) is 12.2 Å². The smallest absolute Gasteiger partial charge is 0.355 e. The van der Waals surface area contributed by atoms with Crippen molar-refractivity contribution in [2.75, 3.05) is 31.1 Å². The second kappa shape index (κ2) is 9.82. The summed E-state index contributed by atoms with van der Waals surface area (Å²) in [6.07, 6.45) is -4.64. The highest BCUT2D eigenvalue weighted by molar-refractivity contribution is 8.23. The molecule has 0 spiro atoms. The van der Waals surface area contributed by atoms with Crippen LogP contribution in [-0.2, 0) is 22.3 Å². The van der Waals surface area contributed by atoms with Crippen molar-refractivity contribution >= 4 is 45.8 Å². The van der Waals surface area contributed by atoms with Gasteiger partial charge >= 0.3 is 6.18 Å². The average Bonchev–Trinajstić information content (AvgIpc) is 3.07. The van der Waals surface area contributed by atoms with Gasteiger partial charge in [-0.25, -0.2) is 4.90 Å². The van der Waals surface area contributed by atoms with E-state index in [0.717, 1.165) is 48.4 Å². The minimum atomic E-state index is -4.56. The van der Waals surface area contributed by atoms with Crippen LogP contribution in [0.2, 0.25) is 0 Å². The van der Waals surface area contributed by atoms with Crippen LogP contribution in [0.3, 0.4) is 0 Å². The van der Waals surface area contributed by atoms with Crippen LogP contribution in [0.1, 0.15) is 17.5 Å². The van der Waals surface area contributed by atoms with Crippen LogP contribution in [0.25, 0.3) is 0 Å². The molecule has 2 amide bonds. The largest absolute Gasteiger partial charge is 0.416 e. The van der Waals surface area contributed by atoms with E-state index in [-0.39, 0.29) is 12.1 Å². The molecule has 33 heavy (non-hydrogen) atoms. The number of thioether (sulfide) groups is 1. The zero-order valence-electron chi connectivity index (χ0n) is 17.6. The van der Waals surface area contributed by atoms with E-state index in [1.54, 1.807) is 0 Å². The Morgan fingerprint density at radius 2 is 1.70 bits per heavy atom. The molecule has 10 heteroatoms. The summed E-state index contributed by atoms with van der Waals surface area (Å²) in [6.45, 7) is 3.93. The van der Waals surface area contributed by atoms with E-state index in [0.29, 0.717) is 17.4 Å². The molecule has 0 saturated carbocycles. The molecule has 4 rings (SSSR count). The van der Waals surface area contributed by atoms with Gasteiger partial charge in [-0.2, -0.15) is 13.2 Å².